The molecular formula is C14H18N2O2S. The predicted octanol–water partition coefficient (Wildman–Crippen LogP) is 3.20. The molecule has 1 aliphatic heterocycles. The standard InChI is InChI=1S/C14H18N2O2S/c1-9-5-6-11(17-2)12-13(9)19-14(16-12)15-8-10-4-3-7-18-10/h5-6,10H,3-4,7-8H2,1-2H3,(H,15,16). The van der Waals surface area contributed by atoms with E-state index in [9.17, 15) is 0 Å². The number of methoxy groups -OCH3 is 1. The number of hydrogen-bond acceptors (Lipinski definition) is 5. The number of hydrogen-bond donors (Lipinski definition) is 1. The van der Waals surface area contributed by atoms with Crippen molar-refractivity contribution in [2.24, 2.45) is 0 Å². The molecule has 3 rings (SSSR count). The maximum absolute atomic E-state index is 5.61. The van der Waals surface area contributed by atoms with E-state index in [0.717, 1.165) is 36.0 Å². The summed E-state index contributed by atoms with van der Waals surface area (Å²) in [5.74, 6) is 0.835. The molecule has 2 aromatic rings. The average Bonchev–Trinajstić information content (AvgIpc) is 3.06. The van der Waals surface area contributed by atoms with Crippen LogP contribution in [-0.4, -0.2) is 31.3 Å². The van der Waals surface area contributed by atoms with E-state index in [0.29, 0.717) is 6.10 Å². The van der Waals surface area contributed by atoms with Crippen LogP contribution in [0.4, 0.5) is 5.13 Å². The smallest absolute Gasteiger partial charge is 0.184 e. The van der Waals surface area contributed by atoms with Crippen LogP contribution < -0.4 is 10.1 Å². The van der Waals surface area contributed by atoms with Gasteiger partial charge in [0, 0.05) is 13.2 Å². The molecule has 4 nitrogen and oxygen atoms in total. The molecule has 0 amide bonds. The normalized spacial score (nSPS) is 18.9. The van der Waals surface area contributed by atoms with Gasteiger partial charge in [-0.25, -0.2) is 4.98 Å². The van der Waals surface area contributed by atoms with Crippen LogP contribution in [-0.2, 0) is 4.74 Å². The minimum absolute atomic E-state index is 0.329. The van der Waals surface area contributed by atoms with E-state index in [1.807, 2.05) is 6.07 Å². The Morgan fingerprint density at radius 1 is 1.53 bits per heavy atom. The van der Waals surface area contributed by atoms with Crippen LogP contribution >= 0.6 is 11.3 Å². The summed E-state index contributed by atoms with van der Waals surface area (Å²) in [6.07, 6.45) is 2.63. The van der Waals surface area contributed by atoms with E-state index >= 15 is 0 Å². The van der Waals surface area contributed by atoms with Gasteiger partial charge in [0.1, 0.15) is 11.3 Å². The summed E-state index contributed by atoms with van der Waals surface area (Å²) in [4.78, 5) is 4.63. The summed E-state index contributed by atoms with van der Waals surface area (Å²) >= 11 is 1.68. The van der Waals surface area contributed by atoms with Crippen LogP contribution in [0.2, 0.25) is 0 Å². The zero-order valence-electron chi connectivity index (χ0n) is 11.2. The molecule has 1 N–H and O–H groups in total. The lowest BCUT2D eigenvalue weighted by atomic mass is 10.2. The van der Waals surface area contributed by atoms with Crippen molar-refractivity contribution in [2.45, 2.75) is 25.9 Å². The van der Waals surface area contributed by atoms with Crippen LogP contribution in [0, 0.1) is 6.92 Å². The summed E-state index contributed by atoms with van der Waals surface area (Å²) in [6.45, 7) is 3.82. The molecule has 19 heavy (non-hydrogen) atoms. The fourth-order valence-corrected chi connectivity index (χ4v) is 3.31. The number of nitrogens with one attached hydrogen (secondary N) is 1. The Hall–Kier alpha value is -1.33. The molecule has 1 fully saturated rings. The lowest BCUT2D eigenvalue weighted by Gasteiger charge is -2.08. The van der Waals surface area contributed by atoms with Crippen molar-refractivity contribution in [3.63, 3.8) is 0 Å². The lowest BCUT2D eigenvalue weighted by Crippen LogP contribution is -2.18. The Morgan fingerprint density at radius 2 is 2.42 bits per heavy atom. The third kappa shape index (κ3) is 2.53. The largest absolute Gasteiger partial charge is 0.494 e. The maximum Gasteiger partial charge on any atom is 0.184 e. The van der Waals surface area contributed by atoms with Crippen molar-refractivity contribution in [1.82, 2.24) is 4.98 Å². The lowest BCUT2D eigenvalue weighted by molar-refractivity contribution is 0.120. The summed E-state index contributed by atoms with van der Waals surface area (Å²) in [6, 6.07) is 4.05. The molecular weight excluding hydrogens is 260 g/mol. The number of aryl methyl sites for hydroxylation is 1. The van der Waals surface area contributed by atoms with Crippen LogP contribution in [0.5, 0.6) is 5.75 Å². The minimum atomic E-state index is 0.329. The Labute approximate surface area is 116 Å². The summed E-state index contributed by atoms with van der Waals surface area (Å²) in [5, 5.41) is 4.32. The van der Waals surface area contributed by atoms with E-state index in [1.54, 1.807) is 18.4 Å². The fourth-order valence-electron chi connectivity index (χ4n) is 2.36. The molecule has 1 saturated heterocycles. The van der Waals surface area contributed by atoms with Crippen molar-refractivity contribution >= 4 is 26.7 Å². The van der Waals surface area contributed by atoms with Gasteiger partial charge in [0.25, 0.3) is 0 Å². The summed E-state index contributed by atoms with van der Waals surface area (Å²) < 4.78 is 12.2. The number of anilines is 1. The first-order valence-electron chi connectivity index (χ1n) is 6.57. The highest BCUT2D eigenvalue weighted by atomic mass is 32.1. The molecule has 0 saturated carbocycles. The van der Waals surface area contributed by atoms with Gasteiger partial charge in [-0.15, -0.1) is 0 Å². The van der Waals surface area contributed by atoms with Crippen LogP contribution in [0.15, 0.2) is 12.1 Å². The molecule has 5 heteroatoms. The van der Waals surface area contributed by atoms with Crippen LogP contribution in [0.3, 0.4) is 0 Å². The highest BCUT2D eigenvalue weighted by Crippen LogP contribution is 2.34. The quantitative estimate of drug-likeness (QED) is 0.932. The average molecular weight is 278 g/mol. The Morgan fingerprint density at radius 3 is 3.16 bits per heavy atom. The van der Waals surface area contributed by atoms with Gasteiger partial charge >= 0.3 is 0 Å². The second-order valence-corrected chi connectivity index (χ2v) is 5.80. The number of aromatic nitrogens is 1. The van der Waals surface area contributed by atoms with Gasteiger partial charge in [0.05, 0.1) is 17.9 Å². The molecule has 1 atom stereocenters. The van der Waals surface area contributed by atoms with Crippen LogP contribution in [0.25, 0.3) is 10.2 Å². The first-order chi connectivity index (χ1) is 9.28. The van der Waals surface area contributed by atoms with Gasteiger partial charge in [-0.1, -0.05) is 17.4 Å². The third-order valence-corrected chi connectivity index (χ3v) is 4.58. The minimum Gasteiger partial charge on any atom is -0.494 e. The van der Waals surface area contributed by atoms with E-state index in [2.05, 4.69) is 23.3 Å². The number of benzene rings is 1. The first-order valence-corrected chi connectivity index (χ1v) is 7.39. The Balaban J connectivity index is 1.82. The van der Waals surface area contributed by atoms with Crippen molar-refractivity contribution < 1.29 is 9.47 Å². The topological polar surface area (TPSA) is 43.4 Å². The highest BCUT2D eigenvalue weighted by Gasteiger charge is 2.16. The van der Waals surface area contributed by atoms with Crippen LogP contribution in [0.1, 0.15) is 18.4 Å². The molecule has 0 aliphatic carbocycles. The summed E-state index contributed by atoms with van der Waals surface area (Å²) in [5.41, 5.74) is 2.18. The monoisotopic (exact) mass is 278 g/mol. The van der Waals surface area contributed by atoms with Crippen molar-refractivity contribution in [2.75, 3.05) is 25.6 Å². The maximum atomic E-state index is 5.61. The van der Waals surface area contributed by atoms with Gasteiger partial charge in [-0.3, -0.25) is 0 Å². The Bertz CT molecular complexity index is 576. The van der Waals surface area contributed by atoms with Crippen molar-refractivity contribution in [3.8, 4) is 5.75 Å². The molecule has 1 unspecified atom stereocenters. The predicted molar refractivity (Wildman–Crippen MR) is 78.4 cm³/mol. The number of ether oxygens (including phenoxy) is 2. The third-order valence-electron chi connectivity index (χ3n) is 3.43. The fraction of sp³-hybridized carbons (Fsp3) is 0.500. The zero-order valence-corrected chi connectivity index (χ0v) is 12.0. The van der Waals surface area contributed by atoms with Gasteiger partial charge < -0.3 is 14.8 Å². The molecule has 1 aromatic heterocycles. The van der Waals surface area contributed by atoms with Gasteiger partial charge in [-0.05, 0) is 31.4 Å². The molecule has 1 aromatic carbocycles. The molecule has 102 valence electrons. The zero-order chi connectivity index (χ0) is 13.2. The number of rotatable bonds is 4. The Kier molecular flexibility index (Phi) is 3.57. The van der Waals surface area contributed by atoms with Crippen molar-refractivity contribution in [3.05, 3.63) is 17.7 Å². The van der Waals surface area contributed by atoms with Gasteiger partial charge in [-0.2, -0.15) is 0 Å². The van der Waals surface area contributed by atoms with E-state index in [4.69, 9.17) is 9.47 Å². The highest BCUT2D eigenvalue weighted by molar-refractivity contribution is 7.22. The van der Waals surface area contributed by atoms with Gasteiger partial charge in [0.15, 0.2) is 5.13 Å². The molecule has 0 spiro atoms. The molecule has 2 heterocycles. The molecule has 1 aliphatic rings. The first kappa shape index (κ1) is 12.7. The second-order valence-electron chi connectivity index (χ2n) is 4.80. The van der Waals surface area contributed by atoms with E-state index < -0.39 is 0 Å². The number of nitrogens with zero attached hydrogens (tertiary/aromatic N) is 1. The second kappa shape index (κ2) is 5.35. The SMILES string of the molecule is COc1ccc(C)c2sc(NCC3CCCO3)nc12. The molecule has 0 bridgehead atoms. The van der Waals surface area contributed by atoms with Gasteiger partial charge in [0.2, 0.25) is 0 Å². The van der Waals surface area contributed by atoms with E-state index in [-0.39, 0.29) is 0 Å². The van der Waals surface area contributed by atoms with Crippen molar-refractivity contribution in [1.29, 1.82) is 0 Å². The van der Waals surface area contributed by atoms with E-state index in [1.165, 1.54) is 16.7 Å². The molecule has 0 radical (unpaired) electrons. The summed E-state index contributed by atoms with van der Waals surface area (Å²) in [7, 11) is 1.68. The number of thiazole rings is 1. The number of fused-ring (bicyclic) bond motifs is 1.